The van der Waals surface area contributed by atoms with Crippen molar-refractivity contribution in [2.75, 3.05) is 33.9 Å². The Morgan fingerprint density at radius 2 is 2.29 bits per heavy atom. The maximum atomic E-state index is 11.3. The average Bonchev–Trinajstić information content (AvgIpc) is 2.64. The normalized spacial score (nSPS) is 24.9. The fraction of sp³-hybridized carbons (Fsp3) is 0.900. The number of carbonyl (C=O) groups is 1. The van der Waals surface area contributed by atoms with Crippen molar-refractivity contribution in [1.82, 2.24) is 4.90 Å². The zero-order valence-electron chi connectivity index (χ0n) is 9.16. The molecule has 0 spiro atoms. The highest BCUT2D eigenvalue weighted by Gasteiger charge is 2.29. The lowest BCUT2D eigenvalue weighted by molar-refractivity contribution is -0.145. The Balaban J connectivity index is 2.37. The molecule has 0 radical (unpaired) electrons. The number of likely N-dealkylation sites (tertiary alicyclic amines) is 1. The van der Waals surface area contributed by atoms with Gasteiger partial charge in [0.05, 0.1) is 13.7 Å². The van der Waals surface area contributed by atoms with Crippen molar-refractivity contribution in [3.63, 3.8) is 0 Å². The number of ether oxygens (including phenoxy) is 2. The Labute approximate surface area is 85.2 Å². The van der Waals surface area contributed by atoms with Crippen molar-refractivity contribution in [2.45, 2.75) is 19.4 Å². The molecule has 1 rings (SSSR count). The second kappa shape index (κ2) is 5.32. The molecule has 0 aromatic carbocycles. The predicted octanol–water partition coefficient (Wildman–Crippen LogP) is 0.516. The molecule has 0 bridgehead atoms. The summed E-state index contributed by atoms with van der Waals surface area (Å²) in [5, 5.41) is 0. The van der Waals surface area contributed by atoms with Crippen LogP contribution in [0.25, 0.3) is 0 Å². The summed E-state index contributed by atoms with van der Waals surface area (Å²) < 4.78 is 9.81. The molecule has 1 aliphatic heterocycles. The highest BCUT2D eigenvalue weighted by atomic mass is 16.5. The minimum Gasteiger partial charge on any atom is -0.468 e. The van der Waals surface area contributed by atoms with Gasteiger partial charge in [-0.1, -0.05) is 0 Å². The summed E-state index contributed by atoms with van der Waals surface area (Å²) in [5.41, 5.74) is 0. The van der Waals surface area contributed by atoms with E-state index in [9.17, 15) is 4.79 Å². The topological polar surface area (TPSA) is 38.8 Å². The van der Waals surface area contributed by atoms with Crippen LogP contribution in [0.5, 0.6) is 0 Å². The maximum Gasteiger partial charge on any atom is 0.322 e. The van der Waals surface area contributed by atoms with Crippen LogP contribution in [0.15, 0.2) is 0 Å². The smallest absolute Gasteiger partial charge is 0.322 e. The minimum absolute atomic E-state index is 0.123. The third-order valence-electron chi connectivity index (χ3n) is 2.81. The first-order chi connectivity index (χ1) is 6.69. The van der Waals surface area contributed by atoms with Crippen LogP contribution in [0.3, 0.4) is 0 Å². The average molecular weight is 201 g/mol. The monoisotopic (exact) mass is 201 g/mol. The van der Waals surface area contributed by atoms with Gasteiger partial charge in [-0.15, -0.1) is 0 Å². The lowest BCUT2D eigenvalue weighted by Gasteiger charge is -2.21. The lowest BCUT2D eigenvalue weighted by atomic mass is 10.1. The molecule has 0 amide bonds. The Hall–Kier alpha value is -0.610. The first-order valence-electron chi connectivity index (χ1n) is 4.99. The Bertz CT molecular complexity index is 196. The van der Waals surface area contributed by atoms with Gasteiger partial charge < -0.3 is 9.47 Å². The summed E-state index contributed by atoms with van der Waals surface area (Å²) in [6.07, 6.45) is 1.11. The maximum absolute atomic E-state index is 11.3. The molecule has 14 heavy (non-hydrogen) atoms. The Morgan fingerprint density at radius 1 is 1.57 bits per heavy atom. The van der Waals surface area contributed by atoms with Gasteiger partial charge in [-0.25, -0.2) is 0 Å². The summed E-state index contributed by atoms with van der Waals surface area (Å²) in [5.74, 6) is 0.412. The van der Waals surface area contributed by atoms with E-state index in [-0.39, 0.29) is 12.0 Å². The molecule has 0 saturated carbocycles. The van der Waals surface area contributed by atoms with Gasteiger partial charge in [0.1, 0.15) is 6.04 Å². The molecule has 1 aliphatic rings. The van der Waals surface area contributed by atoms with Gasteiger partial charge in [0.2, 0.25) is 0 Å². The predicted molar refractivity (Wildman–Crippen MR) is 53.0 cm³/mol. The van der Waals surface area contributed by atoms with Crippen LogP contribution < -0.4 is 0 Å². The largest absolute Gasteiger partial charge is 0.468 e. The van der Waals surface area contributed by atoms with Crippen molar-refractivity contribution in [2.24, 2.45) is 5.92 Å². The number of hydrogen-bond acceptors (Lipinski definition) is 4. The van der Waals surface area contributed by atoms with E-state index in [1.807, 2.05) is 6.92 Å². The lowest BCUT2D eigenvalue weighted by Crippen LogP contribution is -2.38. The fourth-order valence-corrected chi connectivity index (χ4v) is 1.91. The number of nitrogens with zero attached hydrogens (tertiary/aromatic N) is 1. The highest BCUT2D eigenvalue weighted by Crippen LogP contribution is 2.19. The second-order valence-electron chi connectivity index (χ2n) is 3.80. The van der Waals surface area contributed by atoms with E-state index in [0.717, 1.165) is 26.1 Å². The molecule has 1 heterocycles. The van der Waals surface area contributed by atoms with Crippen LogP contribution in [0, 0.1) is 5.92 Å². The van der Waals surface area contributed by atoms with Crippen molar-refractivity contribution < 1.29 is 14.3 Å². The minimum atomic E-state index is -0.150. The van der Waals surface area contributed by atoms with E-state index in [0.29, 0.717) is 5.92 Å². The zero-order valence-corrected chi connectivity index (χ0v) is 9.16. The molecule has 82 valence electrons. The molecule has 4 nitrogen and oxygen atoms in total. The molecule has 0 N–H and O–H groups in total. The molecule has 1 saturated heterocycles. The summed E-state index contributed by atoms with van der Waals surface area (Å²) in [4.78, 5) is 13.4. The van der Waals surface area contributed by atoms with Gasteiger partial charge in [-0.3, -0.25) is 9.69 Å². The van der Waals surface area contributed by atoms with Crippen LogP contribution in [0.4, 0.5) is 0 Å². The molecule has 0 aliphatic carbocycles. The van der Waals surface area contributed by atoms with E-state index in [1.165, 1.54) is 7.11 Å². The van der Waals surface area contributed by atoms with E-state index < -0.39 is 0 Å². The number of hydrogen-bond donors (Lipinski definition) is 0. The van der Waals surface area contributed by atoms with E-state index in [2.05, 4.69) is 4.90 Å². The first-order valence-corrected chi connectivity index (χ1v) is 4.99. The van der Waals surface area contributed by atoms with Crippen molar-refractivity contribution in [1.29, 1.82) is 0 Å². The Kier molecular flexibility index (Phi) is 4.35. The van der Waals surface area contributed by atoms with Gasteiger partial charge >= 0.3 is 5.97 Å². The standard InChI is InChI=1S/C10H19NO3/c1-8(10(12)14-3)11-5-4-9(6-11)7-13-2/h8-9H,4-7H2,1-3H3. The number of carbonyl (C=O) groups excluding carboxylic acids is 1. The summed E-state index contributed by atoms with van der Waals surface area (Å²) >= 11 is 0. The first kappa shape index (κ1) is 11.5. The van der Waals surface area contributed by atoms with Gasteiger partial charge in [0.25, 0.3) is 0 Å². The fourth-order valence-electron chi connectivity index (χ4n) is 1.91. The Morgan fingerprint density at radius 3 is 2.86 bits per heavy atom. The van der Waals surface area contributed by atoms with E-state index in [1.54, 1.807) is 7.11 Å². The quantitative estimate of drug-likeness (QED) is 0.621. The van der Waals surface area contributed by atoms with Gasteiger partial charge in [0, 0.05) is 13.7 Å². The van der Waals surface area contributed by atoms with E-state index >= 15 is 0 Å². The van der Waals surface area contributed by atoms with Crippen LogP contribution in [-0.2, 0) is 14.3 Å². The second-order valence-corrected chi connectivity index (χ2v) is 3.80. The van der Waals surface area contributed by atoms with Crippen LogP contribution in [-0.4, -0.2) is 50.8 Å². The molecule has 1 fully saturated rings. The van der Waals surface area contributed by atoms with Crippen molar-refractivity contribution >= 4 is 5.97 Å². The molecule has 2 atom stereocenters. The molecule has 0 aromatic heterocycles. The van der Waals surface area contributed by atoms with Crippen LogP contribution in [0.1, 0.15) is 13.3 Å². The number of methoxy groups -OCH3 is 2. The molecular formula is C10H19NO3. The molecule has 2 unspecified atom stereocenters. The SMILES string of the molecule is COCC1CCN(C(C)C(=O)OC)C1. The van der Waals surface area contributed by atoms with Gasteiger partial charge in [-0.2, -0.15) is 0 Å². The van der Waals surface area contributed by atoms with Crippen LogP contribution in [0.2, 0.25) is 0 Å². The third kappa shape index (κ3) is 2.69. The van der Waals surface area contributed by atoms with Crippen molar-refractivity contribution in [3.05, 3.63) is 0 Å². The van der Waals surface area contributed by atoms with Crippen LogP contribution >= 0.6 is 0 Å². The highest BCUT2D eigenvalue weighted by molar-refractivity contribution is 5.75. The zero-order chi connectivity index (χ0) is 10.6. The molecular weight excluding hydrogens is 182 g/mol. The summed E-state index contributed by atoms with van der Waals surface area (Å²) in [6, 6.07) is -0.123. The molecule has 0 aromatic rings. The van der Waals surface area contributed by atoms with Gasteiger partial charge in [-0.05, 0) is 25.8 Å². The van der Waals surface area contributed by atoms with Crippen molar-refractivity contribution in [3.8, 4) is 0 Å². The summed E-state index contributed by atoms with van der Waals surface area (Å²) in [6.45, 7) is 4.57. The van der Waals surface area contributed by atoms with E-state index in [4.69, 9.17) is 9.47 Å². The summed E-state index contributed by atoms with van der Waals surface area (Å²) in [7, 11) is 3.15. The molecule has 4 heteroatoms. The van der Waals surface area contributed by atoms with Gasteiger partial charge in [0.15, 0.2) is 0 Å². The number of esters is 1. The third-order valence-corrected chi connectivity index (χ3v) is 2.81. The number of rotatable bonds is 4.